The Labute approximate surface area is 113 Å². The monoisotopic (exact) mass is 261 g/mol. The molecule has 0 aliphatic rings. The second-order valence-electron chi connectivity index (χ2n) is 4.13. The van der Waals surface area contributed by atoms with E-state index in [0.29, 0.717) is 6.04 Å². The minimum Gasteiger partial charge on any atom is -0.469 e. The summed E-state index contributed by atoms with van der Waals surface area (Å²) < 4.78 is 5.41. The van der Waals surface area contributed by atoms with Gasteiger partial charge >= 0.3 is 0 Å². The number of rotatable bonds is 6. The summed E-state index contributed by atoms with van der Waals surface area (Å²) in [5.41, 5.74) is 1.30. The predicted octanol–water partition coefficient (Wildman–Crippen LogP) is 3.89. The minimum atomic E-state index is 0.303. The van der Waals surface area contributed by atoms with E-state index in [1.54, 1.807) is 6.26 Å². The van der Waals surface area contributed by atoms with Gasteiger partial charge in [0.15, 0.2) is 0 Å². The Morgan fingerprint density at radius 1 is 1.22 bits per heavy atom. The quantitative estimate of drug-likeness (QED) is 0.798. The molecule has 0 radical (unpaired) electrons. The standard InChI is InChI=1S/C15H19NOS/c1-3-18-14-8-6-12(7-9-14)15(16-2)11-13-5-4-10-17-13/h4-10,15-16H,3,11H2,1-2H3. The van der Waals surface area contributed by atoms with E-state index in [4.69, 9.17) is 4.42 Å². The van der Waals surface area contributed by atoms with Crippen LogP contribution in [0.5, 0.6) is 0 Å². The first-order chi connectivity index (χ1) is 8.83. The van der Waals surface area contributed by atoms with E-state index < -0.39 is 0 Å². The van der Waals surface area contributed by atoms with Crippen LogP contribution in [0.25, 0.3) is 0 Å². The number of nitrogens with one attached hydrogen (secondary N) is 1. The van der Waals surface area contributed by atoms with Gasteiger partial charge in [-0.1, -0.05) is 19.1 Å². The number of hydrogen-bond acceptors (Lipinski definition) is 3. The maximum atomic E-state index is 5.41. The van der Waals surface area contributed by atoms with Gasteiger partial charge in [-0.15, -0.1) is 11.8 Å². The van der Waals surface area contributed by atoms with Gasteiger partial charge in [0.1, 0.15) is 5.76 Å². The van der Waals surface area contributed by atoms with Gasteiger partial charge in [-0.05, 0) is 42.6 Å². The van der Waals surface area contributed by atoms with E-state index in [1.807, 2.05) is 30.9 Å². The highest BCUT2D eigenvalue weighted by Gasteiger charge is 2.11. The molecular weight excluding hydrogens is 242 g/mol. The number of furan rings is 1. The molecule has 2 aromatic rings. The van der Waals surface area contributed by atoms with Crippen LogP contribution >= 0.6 is 11.8 Å². The second-order valence-corrected chi connectivity index (χ2v) is 5.46. The highest BCUT2D eigenvalue weighted by atomic mass is 32.2. The van der Waals surface area contributed by atoms with Gasteiger partial charge < -0.3 is 9.73 Å². The molecule has 0 saturated heterocycles. The Bertz CT molecular complexity index is 450. The zero-order valence-corrected chi connectivity index (χ0v) is 11.7. The van der Waals surface area contributed by atoms with Gasteiger partial charge in [-0.2, -0.15) is 0 Å². The Morgan fingerprint density at radius 2 is 2.00 bits per heavy atom. The van der Waals surface area contributed by atoms with Crippen LogP contribution in [0.1, 0.15) is 24.3 Å². The highest BCUT2D eigenvalue weighted by Crippen LogP contribution is 2.23. The summed E-state index contributed by atoms with van der Waals surface area (Å²) in [6.07, 6.45) is 2.60. The van der Waals surface area contributed by atoms with E-state index in [9.17, 15) is 0 Å². The van der Waals surface area contributed by atoms with Crippen molar-refractivity contribution < 1.29 is 4.42 Å². The van der Waals surface area contributed by atoms with Crippen LogP contribution in [0.4, 0.5) is 0 Å². The molecule has 0 bridgehead atoms. The van der Waals surface area contributed by atoms with Gasteiger partial charge in [-0.3, -0.25) is 0 Å². The largest absolute Gasteiger partial charge is 0.469 e. The van der Waals surface area contributed by atoms with Gasteiger partial charge in [0.05, 0.1) is 6.26 Å². The van der Waals surface area contributed by atoms with Crippen molar-refractivity contribution >= 4 is 11.8 Å². The minimum absolute atomic E-state index is 0.303. The first kappa shape index (κ1) is 13.2. The first-order valence-corrected chi connectivity index (χ1v) is 7.24. The molecule has 2 rings (SSSR count). The molecule has 1 heterocycles. The third-order valence-electron chi connectivity index (χ3n) is 2.93. The molecule has 3 heteroatoms. The summed E-state index contributed by atoms with van der Waals surface area (Å²) in [4.78, 5) is 1.33. The van der Waals surface area contributed by atoms with Crippen molar-refractivity contribution in [2.45, 2.75) is 24.3 Å². The van der Waals surface area contributed by atoms with Gasteiger partial charge in [0, 0.05) is 17.4 Å². The average Bonchev–Trinajstić information content (AvgIpc) is 2.90. The fraction of sp³-hybridized carbons (Fsp3) is 0.333. The summed E-state index contributed by atoms with van der Waals surface area (Å²) in [6.45, 7) is 2.17. The smallest absolute Gasteiger partial charge is 0.105 e. The van der Waals surface area contributed by atoms with Crippen molar-refractivity contribution in [1.29, 1.82) is 0 Å². The van der Waals surface area contributed by atoms with Crippen LogP contribution in [0.15, 0.2) is 52.0 Å². The lowest BCUT2D eigenvalue weighted by Gasteiger charge is -2.15. The molecule has 0 fully saturated rings. The van der Waals surface area contributed by atoms with Gasteiger partial charge in [0.2, 0.25) is 0 Å². The van der Waals surface area contributed by atoms with Crippen LogP contribution in [-0.2, 0) is 6.42 Å². The topological polar surface area (TPSA) is 25.2 Å². The normalized spacial score (nSPS) is 12.6. The summed E-state index contributed by atoms with van der Waals surface area (Å²) in [7, 11) is 1.99. The summed E-state index contributed by atoms with van der Waals surface area (Å²) >= 11 is 1.87. The van der Waals surface area contributed by atoms with Crippen molar-refractivity contribution in [1.82, 2.24) is 5.32 Å². The molecule has 0 aliphatic carbocycles. The van der Waals surface area contributed by atoms with Gasteiger partial charge in [-0.25, -0.2) is 0 Å². The lowest BCUT2D eigenvalue weighted by molar-refractivity contribution is 0.466. The molecule has 1 atom stereocenters. The molecule has 1 unspecified atom stereocenters. The lowest BCUT2D eigenvalue weighted by atomic mass is 10.0. The molecule has 0 aliphatic heterocycles. The maximum absolute atomic E-state index is 5.41. The third kappa shape index (κ3) is 3.40. The van der Waals surface area contributed by atoms with Crippen molar-refractivity contribution in [2.75, 3.05) is 12.8 Å². The SMILES string of the molecule is CCSc1ccc(C(Cc2ccco2)NC)cc1. The summed E-state index contributed by atoms with van der Waals surface area (Å²) in [5, 5.41) is 3.34. The molecule has 0 amide bonds. The second kappa shape index (κ2) is 6.66. The number of benzene rings is 1. The molecule has 1 aromatic carbocycles. The van der Waals surface area contributed by atoms with E-state index >= 15 is 0 Å². The van der Waals surface area contributed by atoms with Crippen LogP contribution in [0.3, 0.4) is 0 Å². The Hall–Kier alpha value is -1.19. The van der Waals surface area contributed by atoms with E-state index in [2.05, 4.69) is 36.5 Å². The van der Waals surface area contributed by atoms with Crippen molar-refractivity contribution in [3.05, 3.63) is 54.0 Å². The molecule has 0 saturated carbocycles. The fourth-order valence-electron chi connectivity index (χ4n) is 1.98. The first-order valence-electron chi connectivity index (χ1n) is 6.26. The summed E-state index contributed by atoms with van der Waals surface area (Å²) in [5.74, 6) is 2.13. The fourth-order valence-corrected chi connectivity index (χ4v) is 2.64. The Morgan fingerprint density at radius 3 is 2.56 bits per heavy atom. The number of hydrogen-bond donors (Lipinski definition) is 1. The van der Waals surface area contributed by atoms with E-state index in [-0.39, 0.29) is 0 Å². The molecule has 0 spiro atoms. The van der Waals surface area contributed by atoms with Crippen molar-refractivity contribution in [3.8, 4) is 0 Å². The van der Waals surface area contributed by atoms with E-state index in [0.717, 1.165) is 17.9 Å². The lowest BCUT2D eigenvalue weighted by Crippen LogP contribution is -2.18. The average molecular weight is 261 g/mol. The number of thioether (sulfide) groups is 1. The van der Waals surface area contributed by atoms with Crippen molar-refractivity contribution in [2.24, 2.45) is 0 Å². The van der Waals surface area contributed by atoms with Crippen molar-refractivity contribution in [3.63, 3.8) is 0 Å². The maximum Gasteiger partial charge on any atom is 0.105 e. The number of likely N-dealkylation sites (N-methyl/N-ethyl adjacent to an activating group) is 1. The zero-order chi connectivity index (χ0) is 12.8. The molecular formula is C15H19NOS. The Balaban J connectivity index is 2.07. The predicted molar refractivity (Wildman–Crippen MR) is 77.1 cm³/mol. The van der Waals surface area contributed by atoms with Crippen LogP contribution < -0.4 is 5.32 Å². The van der Waals surface area contributed by atoms with Crippen LogP contribution in [0.2, 0.25) is 0 Å². The summed E-state index contributed by atoms with van der Waals surface area (Å²) in [6, 6.07) is 13.0. The molecule has 1 aromatic heterocycles. The molecule has 18 heavy (non-hydrogen) atoms. The molecule has 96 valence electrons. The zero-order valence-electron chi connectivity index (χ0n) is 10.8. The molecule has 2 nitrogen and oxygen atoms in total. The van der Waals surface area contributed by atoms with Crippen LogP contribution in [0, 0.1) is 0 Å². The highest BCUT2D eigenvalue weighted by molar-refractivity contribution is 7.99. The Kier molecular flexibility index (Phi) is 4.90. The molecule has 1 N–H and O–H groups in total. The van der Waals surface area contributed by atoms with Crippen LogP contribution in [-0.4, -0.2) is 12.8 Å². The van der Waals surface area contributed by atoms with Gasteiger partial charge in [0.25, 0.3) is 0 Å². The van der Waals surface area contributed by atoms with E-state index in [1.165, 1.54) is 10.5 Å². The third-order valence-corrected chi connectivity index (χ3v) is 3.82.